The van der Waals surface area contributed by atoms with E-state index in [9.17, 15) is 0 Å². The second kappa shape index (κ2) is 6.53. The van der Waals surface area contributed by atoms with Gasteiger partial charge in [0.05, 0.1) is 14.2 Å². The average molecular weight is 232 g/mol. The number of benzene rings is 1. The van der Waals surface area contributed by atoms with Gasteiger partial charge in [-0.2, -0.15) is 0 Å². The molecular weight excluding hydrogens is 214 g/mol. The van der Waals surface area contributed by atoms with Gasteiger partial charge in [0.15, 0.2) is 0 Å². The lowest BCUT2D eigenvalue weighted by atomic mass is 10.1. The highest BCUT2D eigenvalue weighted by Gasteiger charge is 2.06. The maximum atomic E-state index is 5.74. The minimum absolute atomic E-state index is 0. The fraction of sp³-hybridized carbons (Fsp3) is 0.455. The fourth-order valence-electron chi connectivity index (χ4n) is 1.39. The second-order valence-electron chi connectivity index (χ2n) is 3.36. The van der Waals surface area contributed by atoms with Gasteiger partial charge in [0.1, 0.15) is 11.5 Å². The van der Waals surface area contributed by atoms with E-state index in [0.717, 1.165) is 23.5 Å². The Morgan fingerprint density at radius 1 is 1.33 bits per heavy atom. The fourth-order valence-corrected chi connectivity index (χ4v) is 1.39. The molecule has 0 aliphatic heterocycles. The molecule has 0 amide bonds. The minimum Gasteiger partial charge on any atom is -1.00 e. The van der Waals surface area contributed by atoms with E-state index in [1.54, 1.807) is 14.2 Å². The molecule has 0 radical (unpaired) electrons. The molecule has 0 fully saturated rings. The average Bonchev–Trinajstić information content (AvgIpc) is 2.16. The van der Waals surface area contributed by atoms with Crippen molar-refractivity contribution in [1.82, 2.24) is 0 Å². The van der Waals surface area contributed by atoms with E-state index in [1.807, 2.05) is 25.1 Å². The lowest BCUT2D eigenvalue weighted by Gasteiger charge is -2.11. The third kappa shape index (κ3) is 3.98. The Kier molecular flexibility index (Phi) is 6.13. The summed E-state index contributed by atoms with van der Waals surface area (Å²) in [6.07, 6.45) is 0.792. The summed E-state index contributed by atoms with van der Waals surface area (Å²) in [5.74, 6) is 1.70. The molecule has 1 atom stereocenters. The van der Waals surface area contributed by atoms with Crippen molar-refractivity contribution in [1.29, 1.82) is 0 Å². The van der Waals surface area contributed by atoms with Crippen molar-refractivity contribution in [3.8, 4) is 11.5 Å². The van der Waals surface area contributed by atoms with E-state index in [0.29, 0.717) is 0 Å². The summed E-state index contributed by atoms with van der Waals surface area (Å²) in [6.45, 7) is 1.97. The van der Waals surface area contributed by atoms with Crippen LogP contribution in [-0.2, 0) is 6.42 Å². The molecule has 0 aliphatic rings. The van der Waals surface area contributed by atoms with Gasteiger partial charge in [0, 0.05) is 6.04 Å². The van der Waals surface area contributed by atoms with E-state index in [2.05, 4.69) is 0 Å². The van der Waals surface area contributed by atoms with Gasteiger partial charge in [-0.15, -0.1) is 0 Å². The number of nitrogens with two attached hydrogens (primary N) is 1. The van der Waals surface area contributed by atoms with Crippen LogP contribution in [-0.4, -0.2) is 20.3 Å². The third-order valence-corrected chi connectivity index (χ3v) is 2.03. The Balaban J connectivity index is 0. The predicted molar refractivity (Wildman–Crippen MR) is 58.0 cm³/mol. The molecule has 0 aromatic heterocycles. The number of methoxy groups -OCH3 is 2. The van der Waals surface area contributed by atoms with E-state index in [-0.39, 0.29) is 19.9 Å². The maximum absolute atomic E-state index is 5.74. The highest BCUT2D eigenvalue weighted by atomic mass is 35.5. The van der Waals surface area contributed by atoms with Crippen molar-refractivity contribution >= 4 is 0 Å². The molecule has 0 saturated heterocycles. The summed E-state index contributed by atoms with van der Waals surface area (Å²) in [4.78, 5) is 0. The van der Waals surface area contributed by atoms with Gasteiger partial charge in [-0.3, -0.25) is 0 Å². The summed E-state index contributed by atoms with van der Waals surface area (Å²) >= 11 is 0. The first-order valence-electron chi connectivity index (χ1n) is 4.64. The van der Waals surface area contributed by atoms with Crippen molar-refractivity contribution < 1.29 is 23.3 Å². The monoisotopic (exact) mass is 231 g/mol. The normalized spacial score (nSPS) is 11.5. The Labute approximate surface area is 98.5 Å². The zero-order chi connectivity index (χ0) is 10.6. The van der Waals surface area contributed by atoms with Gasteiger partial charge >= 0.3 is 1.43 Å². The van der Waals surface area contributed by atoms with Gasteiger partial charge in [-0.1, -0.05) is 0 Å². The Morgan fingerprint density at radius 2 is 2.00 bits per heavy atom. The molecule has 0 heterocycles. The van der Waals surface area contributed by atoms with Gasteiger partial charge in [0.25, 0.3) is 0 Å². The first-order valence-corrected chi connectivity index (χ1v) is 4.64. The van der Waals surface area contributed by atoms with Crippen molar-refractivity contribution in [3.63, 3.8) is 0 Å². The number of halogens is 1. The van der Waals surface area contributed by atoms with Crippen LogP contribution in [0.3, 0.4) is 0 Å². The molecule has 2 N–H and O–H groups in total. The quantitative estimate of drug-likeness (QED) is 0.702. The summed E-state index contributed by atoms with van der Waals surface area (Å²) in [5, 5.41) is 0. The molecule has 4 heteroatoms. The molecule has 0 spiro atoms. The van der Waals surface area contributed by atoms with Gasteiger partial charge in [-0.25, -0.2) is 0 Å². The van der Waals surface area contributed by atoms with Gasteiger partial charge < -0.3 is 27.6 Å². The van der Waals surface area contributed by atoms with Crippen molar-refractivity contribution in [2.75, 3.05) is 14.2 Å². The first-order chi connectivity index (χ1) is 6.67. The number of hydrogen-bond acceptors (Lipinski definition) is 3. The van der Waals surface area contributed by atoms with Crippen molar-refractivity contribution in [2.24, 2.45) is 5.73 Å². The third-order valence-electron chi connectivity index (χ3n) is 2.03. The minimum atomic E-state index is 0. The lowest BCUT2D eigenvalue weighted by Crippen LogP contribution is -3.00. The highest BCUT2D eigenvalue weighted by molar-refractivity contribution is 5.40. The van der Waals surface area contributed by atoms with Crippen LogP contribution in [0.15, 0.2) is 18.2 Å². The van der Waals surface area contributed by atoms with Gasteiger partial charge in [-0.05, 0) is 37.1 Å². The summed E-state index contributed by atoms with van der Waals surface area (Å²) in [7, 11) is 3.31. The zero-order valence-electron chi connectivity index (χ0n) is 10.3. The maximum Gasteiger partial charge on any atom is 1.00 e. The molecule has 1 rings (SSSR count). The highest BCUT2D eigenvalue weighted by Crippen LogP contribution is 2.24. The van der Waals surface area contributed by atoms with Crippen LogP contribution in [0, 0.1) is 0 Å². The number of rotatable bonds is 4. The molecule has 0 aliphatic carbocycles. The summed E-state index contributed by atoms with van der Waals surface area (Å²) < 4.78 is 10.4. The van der Waals surface area contributed by atoms with E-state index in [1.165, 1.54) is 0 Å². The molecule has 15 heavy (non-hydrogen) atoms. The van der Waals surface area contributed by atoms with E-state index < -0.39 is 0 Å². The van der Waals surface area contributed by atoms with Crippen LogP contribution < -0.4 is 27.6 Å². The summed E-state index contributed by atoms with van der Waals surface area (Å²) in [5.41, 5.74) is 6.83. The summed E-state index contributed by atoms with van der Waals surface area (Å²) in [6, 6.07) is 5.86. The molecule has 1 unspecified atom stereocenters. The van der Waals surface area contributed by atoms with Crippen molar-refractivity contribution in [2.45, 2.75) is 19.4 Å². The van der Waals surface area contributed by atoms with Crippen molar-refractivity contribution in [3.05, 3.63) is 23.8 Å². The molecule has 86 valence electrons. The second-order valence-corrected chi connectivity index (χ2v) is 3.36. The Morgan fingerprint density at radius 3 is 2.47 bits per heavy atom. The van der Waals surface area contributed by atoms with Crippen LogP contribution >= 0.6 is 0 Å². The largest absolute Gasteiger partial charge is 1.00 e. The Bertz CT molecular complexity index is 308. The molecule has 1 aromatic rings. The Hall–Kier alpha value is -0.930. The van der Waals surface area contributed by atoms with E-state index >= 15 is 0 Å². The van der Waals surface area contributed by atoms with Crippen LogP contribution in [0.4, 0.5) is 0 Å². The van der Waals surface area contributed by atoms with Crippen LogP contribution in [0.2, 0.25) is 0 Å². The standard InChI is InChI=1S/C11H17NO2.ClH/c1-8(12)6-9-7-10(13-2)4-5-11(9)14-3;/h4-5,7-8H,6,12H2,1-3H3;1H. The molecular formula is C11H18ClNO2. The van der Waals surface area contributed by atoms with Gasteiger partial charge in [0.2, 0.25) is 0 Å². The first kappa shape index (κ1) is 14.1. The van der Waals surface area contributed by atoms with Crippen LogP contribution in [0.1, 0.15) is 13.9 Å². The smallest absolute Gasteiger partial charge is 1.00 e. The molecule has 0 saturated carbocycles. The molecule has 0 bridgehead atoms. The zero-order valence-corrected chi connectivity index (χ0v) is 10.0. The SMILES string of the molecule is COc1ccc(OC)c(CC(C)N)c1.[Cl-].[H+]. The number of ether oxygens (including phenoxy) is 2. The predicted octanol–water partition coefficient (Wildman–Crippen LogP) is -1.29. The van der Waals surface area contributed by atoms with Crippen LogP contribution in [0.5, 0.6) is 11.5 Å². The van der Waals surface area contributed by atoms with Crippen LogP contribution in [0.25, 0.3) is 0 Å². The number of hydrogen-bond donors (Lipinski definition) is 1. The van der Waals surface area contributed by atoms with E-state index in [4.69, 9.17) is 15.2 Å². The lowest BCUT2D eigenvalue weighted by molar-refractivity contribution is -0.00000381. The molecule has 1 aromatic carbocycles. The topological polar surface area (TPSA) is 44.5 Å². The molecule has 3 nitrogen and oxygen atoms in total.